The molecule has 0 radical (unpaired) electrons. The van der Waals surface area contributed by atoms with E-state index in [1.54, 1.807) is 4.90 Å². The number of aromatic nitrogens is 3. The Morgan fingerprint density at radius 3 is 2.50 bits per heavy atom. The van der Waals surface area contributed by atoms with Crippen molar-refractivity contribution < 1.29 is 9.90 Å². The van der Waals surface area contributed by atoms with Crippen LogP contribution < -0.4 is 0 Å². The van der Waals surface area contributed by atoms with Crippen LogP contribution in [0.15, 0.2) is 0 Å². The Morgan fingerprint density at radius 1 is 1.39 bits per heavy atom. The highest BCUT2D eigenvalue weighted by Crippen LogP contribution is 2.17. The molecule has 1 heterocycles. The first-order chi connectivity index (χ1) is 8.40. The molecular weight excluding hydrogens is 232 g/mol. The number of aliphatic hydroxyl groups excluding tert-OH is 1. The number of hydrogen-bond acceptors (Lipinski definition) is 4. The SMILES string of the molecule is CCCN(CCO)C(=O)c1n[nH]c(C(C)(C)C)n1. The van der Waals surface area contributed by atoms with Crippen LogP contribution in [0.3, 0.4) is 0 Å². The van der Waals surface area contributed by atoms with Gasteiger partial charge in [0.1, 0.15) is 5.82 Å². The second kappa shape index (κ2) is 5.95. The molecule has 0 aliphatic carbocycles. The maximum absolute atomic E-state index is 12.1. The summed E-state index contributed by atoms with van der Waals surface area (Å²) < 4.78 is 0. The van der Waals surface area contributed by atoms with Gasteiger partial charge in [0, 0.05) is 18.5 Å². The maximum atomic E-state index is 12.1. The summed E-state index contributed by atoms with van der Waals surface area (Å²) in [5.41, 5.74) is -0.169. The van der Waals surface area contributed by atoms with Gasteiger partial charge in [0.25, 0.3) is 5.91 Å². The molecule has 6 heteroatoms. The minimum Gasteiger partial charge on any atom is -0.395 e. The molecule has 0 aliphatic rings. The molecule has 0 unspecified atom stereocenters. The maximum Gasteiger partial charge on any atom is 0.293 e. The Labute approximate surface area is 107 Å². The third kappa shape index (κ3) is 3.53. The van der Waals surface area contributed by atoms with Crippen molar-refractivity contribution in [2.24, 2.45) is 0 Å². The first-order valence-corrected chi connectivity index (χ1v) is 6.23. The number of rotatable bonds is 5. The zero-order valence-corrected chi connectivity index (χ0v) is 11.5. The predicted molar refractivity (Wildman–Crippen MR) is 68.4 cm³/mol. The lowest BCUT2D eigenvalue weighted by Gasteiger charge is -2.19. The molecule has 0 aliphatic heterocycles. The smallest absolute Gasteiger partial charge is 0.293 e. The fourth-order valence-corrected chi connectivity index (χ4v) is 1.54. The summed E-state index contributed by atoms with van der Waals surface area (Å²) in [6, 6.07) is 0. The number of aromatic amines is 1. The van der Waals surface area contributed by atoms with Gasteiger partial charge in [-0.25, -0.2) is 4.98 Å². The van der Waals surface area contributed by atoms with Gasteiger partial charge in [-0.05, 0) is 6.42 Å². The lowest BCUT2D eigenvalue weighted by Crippen LogP contribution is -2.35. The molecule has 0 spiro atoms. The first kappa shape index (κ1) is 14.6. The van der Waals surface area contributed by atoms with E-state index < -0.39 is 0 Å². The highest BCUT2D eigenvalue weighted by Gasteiger charge is 2.23. The van der Waals surface area contributed by atoms with Crippen LogP contribution in [0.1, 0.15) is 50.6 Å². The molecule has 102 valence electrons. The second-order valence-electron chi connectivity index (χ2n) is 5.27. The number of amides is 1. The third-order valence-corrected chi connectivity index (χ3v) is 2.54. The summed E-state index contributed by atoms with van der Waals surface area (Å²) in [4.78, 5) is 17.9. The van der Waals surface area contributed by atoms with E-state index >= 15 is 0 Å². The summed E-state index contributed by atoms with van der Waals surface area (Å²) >= 11 is 0. The monoisotopic (exact) mass is 254 g/mol. The van der Waals surface area contributed by atoms with Gasteiger partial charge in [-0.3, -0.25) is 9.89 Å². The number of nitrogens with one attached hydrogen (secondary N) is 1. The van der Waals surface area contributed by atoms with Crippen molar-refractivity contribution >= 4 is 5.91 Å². The van der Waals surface area contributed by atoms with Crippen molar-refractivity contribution in [1.29, 1.82) is 0 Å². The van der Waals surface area contributed by atoms with Gasteiger partial charge in [0.2, 0.25) is 5.82 Å². The summed E-state index contributed by atoms with van der Waals surface area (Å²) in [6.45, 7) is 8.83. The number of aliphatic hydroxyl groups is 1. The zero-order valence-electron chi connectivity index (χ0n) is 11.5. The fraction of sp³-hybridized carbons (Fsp3) is 0.750. The zero-order chi connectivity index (χ0) is 13.8. The van der Waals surface area contributed by atoms with E-state index in [2.05, 4.69) is 15.2 Å². The van der Waals surface area contributed by atoms with Gasteiger partial charge in [0.05, 0.1) is 6.61 Å². The van der Waals surface area contributed by atoms with Crippen molar-refractivity contribution in [3.8, 4) is 0 Å². The molecule has 18 heavy (non-hydrogen) atoms. The van der Waals surface area contributed by atoms with E-state index in [0.29, 0.717) is 18.9 Å². The van der Waals surface area contributed by atoms with E-state index in [-0.39, 0.29) is 23.8 Å². The number of nitrogens with zero attached hydrogens (tertiary/aromatic N) is 3. The van der Waals surface area contributed by atoms with Gasteiger partial charge >= 0.3 is 0 Å². The van der Waals surface area contributed by atoms with Gasteiger partial charge in [-0.2, -0.15) is 0 Å². The van der Waals surface area contributed by atoms with E-state index in [1.807, 2.05) is 27.7 Å². The average molecular weight is 254 g/mol. The molecule has 6 nitrogen and oxygen atoms in total. The number of carbonyl (C=O) groups is 1. The molecule has 2 N–H and O–H groups in total. The summed E-state index contributed by atoms with van der Waals surface area (Å²) in [5, 5.41) is 15.7. The molecule has 1 amide bonds. The van der Waals surface area contributed by atoms with Gasteiger partial charge in [-0.1, -0.05) is 27.7 Å². The quantitative estimate of drug-likeness (QED) is 0.819. The lowest BCUT2D eigenvalue weighted by atomic mass is 9.96. The Morgan fingerprint density at radius 2 is 2.06 bits per heavy atom. The first-order valence-electron chi connectivity index (χ1n) is 6.23. The molecule has 0 saturated carbocycles. The minimum atomic E-state index is -0.238. The highest BCUT2D eigenvalue weighted by molar-refractivity contribution is 5.90. The average Bonchev–Trinajstić information content (AvgIpc) is 2.76. The number of hydrogen-bond donors (Lipinski definition) is 2. The molecule has 1 aromatic heterocycles. The number of H-pyrrole nitrogens is 1. The number of carbonyl (C=O) groups excluding carboxylic acids is 1. The largest absolute Gasteiger partial charge is 0.395 e. The van der Waals surface area contributed by atoms with Gasteiger partial charge in [-0.15, -0.1) is 5.10 Å². The van der Waals surface area contributed by atoms with Gasteiger partial charge < -0.3 is 10.0 Å². The Hall–Kier alpha value is -1.43. The molecule has 0 atom stereocenters. The molecule has 0 fully saturated rings. The van der Waals surface area contributed by atoms with Crippen LogP contribution in [0.5, 0.6) is 0 Å². The van der Waals surface area contributed by atoms with Crippen molar-refractivity contribution in [2.45, 2.75) is 39.5 Å². The van der Waals surface area contributed by atoms with Crippen LogP contribution >= 0.6 is 0 Å². The normalized spacial score (nSPS) is 11.6. The van der Waals surface area contributed by atoms with E-state index in [1.165, 1.54) is 0 Å². The molecule has 1 rings (SSSR count). The van der Waals surface area contributed by atoms with Crippen LogP contribution in [0.4, 0.5) is 0 Å². The van der Waals surface area contributed by atoms with Crippen LogP contribution in [0, 0.1) is 0 Å². The molecule has 1 aromatic rings. The molecular formula is C12H22N4O2. The fourth-order valence-electron chi connectivity index (χ4n) is 1.54. The minimum absolute atomic E-state index is 0.0533. The van der Waals surface area contributed by atoms with E-state index in [0.717, 1.165) is 6.42 Å². The summed E-state index contributed by atoms with van der Waals surface area (Å²) in [7, 11) is 0. The van der Waals surface area contributed by atoms with Crippen LogP contribution in [0.2, 0.25) is 0 Å². The second-order valence-corrected chi connectivity index (χ2v) is 5.27. The highest BCUT2D eigenvalue weighted by atomic mass is 16.3. The van der Waals surface area contributed by atoms with E-state index in [9.17, 15) is 4.79 Å². The van der Waals surface area contributed by atoms with Gasteiger partial charge in [0.15, 0.2) is 0 Å². The molecule has 0 saturated heterocycles. The molecule has 0 bridgehead atoms. The van der Waals surface area contributed by atoms with Crippen molar-refractivity contribution in [1.82, 2.24) is 20.1 Å². The summed E-state index contributed by atoms with van der Waals surface area (Å²) in [6.07, 6.45) is 0.836. The molecule has 0 aromatic carbocycles. The van der Waals surface area contributed by atoms with Crippen molar-refractivity contribution in [3.63, 3.8) is 0 Å². The van der Waals surface area contributed by atoms with Crippen LogP contribution in [-0.4, -0.2) is 50.8 Å². The summed E-state index contributed by atoms with van der Waals surface area (Å²) in [5.74, 6) is 0.616. The van der Waals surface area contributed by atoms with Crippen molar-refractivity contribution in [3.05, 3.63) is 11.6 Å². The van der Waals surface area contributed by atoms with E-state index in [4.69, 9.17) is 5.11 Å². The Bertz CT molecular complexity index is 389. The Balaban J connectivity index is 2.85. The lowest BCUT2D eigenvalue weighted by molar-refractivity contribution is 0.0710. The van der Waals surface area contributed by atoms with Crippen molar-refractivity contribution in [2.75, 3.05) is 19.7 Å². The van der Waals surface area contributed by atoms with Crippen LogP contribution in [-0.2, 0) is 5.41 Å². The standard InChI is InChI=1S/C12H22N4O2/c1-5-6-16(7-8-17)10(18)9-13-11(15-14-9)12(2,3)4/h17H,5-8H2,1-4H3,(H,13,14,15). The topological polar surface area (TPSA) is 82.1 Å². The Kier molecular flexibility index (Phi) is 4.84. The third-order valence-electron chi connectivity index (χ3n) is 2.54. The predicted octanol–water partition coefficient (Wildman–Crippen LogP) is 0.947. The van der Waals surface area contributed by atoms with Crippen LogP contribution in [0.25, 0.3) is 0 Å².